The van der Waals surface area contributed by atoms with Gasteiger partial charge >= 0.3 is 0 Å². The van der Waals surface area contributed by atoms with Gasteiger partial charge in [0.2, 0.25) is 0 Å². The van der Waals surface area contributed by atoms with Crippen LogP contribution in [0, 0.1) is 11.8 Å². The Labute approximate surface area is 85.5 Å². The second-order valence-corrected chi connectivity index (χ2v) is 4.69. The van der Waals surface area contributed by atoms with Gasteiger partial charge in [-0.25, -0.2) is 0 Å². The highest BCUT2D eigenvalue weighted by Gasteiger charge is 2.39. The van der Waals surface area contributed by atoms with E-state index in [1.807, 2.05) is 0 Å². The Morgan fingerprint density at radius 3 is 2.77 bits per heavy atom. The lowest BCUT2D eigenvalue weighted by Gasteiger charge is -2.24. The fraction of sp³-hybridized carbons (Fsp3) is 0.900. The van der Waals surface area contributed by atoms with E-state index in [4.69, 9.17) is 12.2 Å². The van der Waals surface area contributed by atoms with Gasteiger partial charge in [0.15, 0.2) is 5.11 Å². The Kier molecular flexibility index (Phi) is 2.72. The minimum Gasteiger partial charge on any atom is -0.363 e. The summed E-state index contributed by atoms with van der Waals surface area (Å²) in [5.74, 6) is 1.90. The van der Waals surface area contributed by atoms with Crippen molar-refractivity contribution in [2.24, 2.45) is 11.8 Å². The van der Waals surface area contributed by atoms with E-state index >= 15 is 0 Å². The number of nitrogens with one attached hydrogen (secondary N) is 2. The number of rotatable bonds is 2. The Morgan fingerprint density at radius 1 is 1.38 bits per heavy atom. The summed E-state index contributed by atoms with van der Waals surface area (Å²) in [6.45, 7) is 3.00. The van der Waals surface area contributed by atoms with Gasteiger partial charge in [-0.3, -0.25) is 0 Å². The third-order valence-electron chi connectivity index (χ3n) is 3.39. The van der Waals surface area contributed by atoms with Crippen molar-refractivity contribution in [3.63, 3.8) is 0 Å². The second-order valence-electron chi connectivity index (χ2n) is 4.29. The van der Waals surface area contributed by atoms with Gasteiger partial charge in [-0.15, -0.1) is 0 Å². The predicted molar refractivity (Wildman–Crippen MR) is 58.6 cm³/mol. The lowest BCUT2D eigenvalue weighted by atomic mass is 9.96. The first-order valence-corrected chi connectivity index (χ1v) is 5.74. The number of hydrogen-bond donors (Lipinski definition) is 2. The second kappa shape index (κ2) is 3.82. The average Bonchev–Trinajstić information content (AvgIpc) is 2.65. The van der Waals surface area contributed by atoms with Gasteiger partial charge in [-0.05, 0) is 50.2 Å². The minimum atomic E-state index is 0.672. The first-order chi connectivity index (χ1) is 6.29. The topological polar surface area (TPSA) is 24.1 Å². The molecule has 3 heteroatoms. The molecule has 0 amide bonds. The molecule has 2 fully saturated rings. The van der Waals surface area contributed by atoms with Crippen molar-refractivity contribution in [2.75, 3.05) is 6.54 Å². The van der Waals surface area contributed by atoms with E-state index in [-0.39, 0.29) is 0 Å². The molecule has 2 rings (SSSR count). The lowest BCUT2D eigenvalue weighted by Crippen LogP contribution is -2.44. The van der Waals surface area contributed by atoms with Gasteiger partial charge in [0.1, 0.15) is 0 Å². The van der Waals surface area contributed by atoms with E-state index in [9.17, 15) is 0 Å². The minimum absolute atomic E-state index is 0.672. The molecule has 2 aliphatic carbocycles. The monoisotopic (exact) mass is 198 g/mol. The first-order valence-electron chi connectivity index (χ1n) is 5.34. The molecule has 0 aromatic heterocycles. The maximum atomic E-state index is 5.18. The molecule has 0 unspecified atom stereocenters. The van der Waals surface area contributed by atoms with Crippen LogP contribution in [0.5, 0.6) is 0 Å². The summed E-state index contributed by atoms with van der Waals surface area (Å²) in [5.41, 5.74) is 0. The molecule has 0 saturated heterocycles. The Bertz CT molecular complexity index is 205. The Morgan fingerprint density at radius 2 is 2.23 bits per heavy atom. The number of thiocarbonyl (C=S) groups is 1. The molecule has 3 atom stereocenters. The van der Waals surface area contributed by atoms with Crippen molar-refractivity contribution >= 4 is 17.3 Å². The van der Waals surface area contributed by atoms with Crippen LogP contribution in [0.4, 0.5) is 0 Å². The van der Waals surface area contributed by atoms with Gasteiger partial charge in [0.25, 0.3) is 0 Å². The van der Waals surface area contributed by atoms with Crippen molar-refractivity contribution in [1.29, 1.82) is 0 Å². The molecule has 0 aromatic rings. The van der Waals surface area contributed by atoms with Crippen molar-refractivity contribution in [2.45, 2.75) is 38.6 Å². The molecule has 13 heavy (non-hydrogen) atoms. The molecule has 0 aromatic carbocycles. The van der Waals surface area contributed by atoms with Crippen LogP contribution >= 0.6 is 12.2 Å². The van der Waals surface area contributed by atoms with Gasteiger partial charge in [-0.1, -0.05) is 6.42 Å². The van der Waals surface area contributed by atoms with Crippen molar-refractivity contribution in [3.05, 3.63) is 0 Å². The first kappa shape index (κ1) is 9.25. The smallest absolute Gasteiger partial charge is 0.166 e. The van der Waals surface area contributed by atoms with Crippen LogP contribution in [0.15, 0.2) is 0 Å². The Balaban J connectivity index is 1.79. The van der Waals surface area contributed by atoms with E-state index < -0.39 is 0 Å². The number of fused-ring (bicyclic) bond motifs is 2. The van der Waals surface area contributed by atoms with Gasteiger partial charge in [0, 0.05) is 12.6 Å². The van der Waals surface area contributed by atoms with E-state index in [0.29, 0.717) is 6.04 Å². The lowest BCUT2D eigenvalue weighted by molar-refractivity contribution is 0.389. The van der Waals surface area contributed by atoms with Crippen molar-refractivity contribution < 1.29 is 0 Å². The zero-order chi connectivity index (χ0) is 9.26. The van der Waals surface area contributed by atoms with E-state index in [2.05, 4.69) is 17.6 Å². The standard InChI is InChI=1S/C10H18N2S/c1-2-11-10(13)12-9-6-7-3-4-8(9)5-7/h7-9H,2-6H2,1H3,(H2,11,12,13)/t7-,8+,9-/m0/s1. The van der Waals surface area contributed by atoms with Crippen LogP contribution in [-0.2, 0) is 0 Å². The van der Waals surface area contributed by atoms with E-state index in [0.717, 1.165) is 23.5 Å². The highest BCUT2D eigenvalue weighted by molar-refractivity contribution is 7.80. The maximum Gasteiger partial charge on any atom is 0.166 e. The largest absolute Gasteiger partial charge is 0.363 e. The zero-order valence-electron chi connectivity index (χ0n) is 8.18. The van der Waals surface area contributed by atoms with Crippen LogP contribution in [0.25, 0.3) is 0 Å². The molecular weight excluding hydrogens is 180 g/mol. The zero-order valence-corrected chi connectivity index (χ0v) is 8.99. The molecule has 2 nitrogen and oxygen atoms in total. The molecule has 2 bridgehead atoms. The molecular formula is C10H18N2S. The van der Waals surface area contributed by atoms with E-state index in [1.165, 1.54) is 25.7 Å². The molecule has 0 spiro atoms. The quantitative estimate of drug-likeness (QED) is 0.660. The molecule has 2 N–H and O–H groups in total. The summed E-state index contributed by atoms with van der Waals surface area (Å²) >= 11 is 5.18. The average molecular weight is 198 g/mol. The van der Waals surface area contributed by atoms with Crippen LogP contribution in [-0.4, -0.2) is 17.7 Å². The third kappa shape index (κ3) is 1.96. The van der Waals surface area contributed by atoms with Gasteiger partial charge < -0.3 is 10.6 Å². The van der Waals surface area contributed by atoms with Crippen LogP contribution in [0.1, 0.15) is 32.6 Å². The summed E-state index contributed by atoms with van der Waals surface area (Å²) in [6, 6.07) is 0.672. The SMILES string of the molecule is CCNC(=S)N[C@H]1C[C@H]2CC[C@@H]1C2. The van der Waals surface area contributed by atoms with E-state index in [1.54, 1.807) is 0 Å². The van der Waals surface area contributed by atoms with Crippen LogP contribution < -0.4 is 10.6 Å². The van der Waals surface area contributed by atoms with Crippen LogP contribution in [0.2, 0.25) is 0 Å². The summed E-state index contributed by atoms with van der Waals surface area (Å²) in [5, 5.41) is 7.43. The highest BCUT2D eigenvalue weighted by atomic mass is 32.1. The number of hydrogen-bond acceptors (Lipinski definition) is 1. The molecule has 74 valence electrons. The van der Waals surface area contributed by atoms with Crippen molar-refractivity contribution in [3.8, 4) is 0 Å². The van der Waals surface area contributed by atoms with Gasteiger partial charge in [0.05, 0.1) is 0 Å². The molecule has 0 radical (unpaired) electrons. The van der Waals surface area contributed by atoms with Gasteiger partial charge in [-0.2, -0.15) is 0 Å². The molecule has 2 saturated carbocycles. The van der Waals surface area contributed by atoms with Crippen LogP contribution in [0.3, 0.4) is 0 Å². The fourth-order valence-electron chi connectivity index (χ4n) is 2.80. The highest BCUT2D eigenvalue weighted by Crippen LogP contribution is 2.44. The summed E-state index contributed by atoms with van der Waals surface area (Å²) in [4.78, 5) is 0. The molecule has 0 heterocycles. The van der Waals surface area contributed by atoms with Crippen molar-refractivity contribution in [1.82, 2.24) is 10.6 Å². The fourth-order valence-corrected chi connectivity index (χ4v) is 3.10. The third-order valence-corrected chi connectivity index (χ3v) is 3.65. The predicted octanol–water partition coefficient (Wildman–Crippen LogP) is 1.66. The summed E-state index contributed by atoms with van der Waals surface area (Å²) < 4.78 is 0. The Hall–Kier alpha value is -0.310. The molecule has 2 aliphatic rings. The normalized spacial score (nSPS) is 36.2. The summed E-state index contributed by atoms with van der Waals surface area (Å²) in [6.07, 6.45) is 5.65. The molecule has 0 aliphatic heterocycles. The maximum absolute atomic E-state index is 5.18. The summed E-state index contributed by atoms with van der Waals surface area (Å²) in [7, 11) is 0.